The highest BCUT2D eigenvalue weighted by molar-refractivity contribution is 5.60. The van der Waals surface area contributed by atoms with E-state index in [0.717, 1.165) is 24.3 Å². The molecule has 4 N–H and O–H groups in total. The van der Waals surface area contributed by atoms with Gasteiger partial charge in [-0.25, -0.2) is 0 Å². The van der Waals surface area contributed by atoms with Crippen molar-refractivity contribution >= 4 is 17.1 Å². The highest BCUT2D eigenvalue weighted by Gasteiger charge is 2.12. The highest BCUT2D eigenvalue weighted by Crippen LogP contribution is 2.26. The number of nitrogens with two attached hydrogens (primary N) is 1. The standard InChI is InChI=1S/C17H21N3O/c18-16-7-4-8-17(21)15(16)12-19-13-5-3-6-14(11-13)20-9-1-2-10-20/h3-8,11,19,21H,1-2,9-10,12,18H2. The Hall–Kier alpha value is -2.36. The van der Waals surface area contributed by atoms with Crippen molar-refractivity contribution in [3.63, 3.8) is 0 Å². The number of hydrogen-bond acceptors (Lipinski definition) is 4. The summed E-state index contributed by atoms with van der Waals surface area (Å²) in [6, 6.07) is 13.6. The van der Waals surface area contributed by atoms with E-state index in [9.17, 15) is 5.11 Å². The van der Waals surface area contributed by atoms with Crippen molar-refractivity contribution in [1.82, 2.24) is 0 Å². The second-order valence-corrected chi connectivity index (χ2v) is 5.44. The van der Waals surface area contributed by atoms with Crippen molar-refractivity contribution in [3.05, 3.63) is 48.0 Å². The monoisotopic (exact) mass is 283 g/mol. The molecule has 1 heterocycles. The van der Waals surface area contributed by atoms with Gasteiger partial charge in [-0.3, -0.25) is 0 Å². The summed E-state index contributed by atoms with van der Waals surface area (Å²) in [7, 11) is 0. The van der Waals surface area contributed by atoms with Crippen LogP contribution < -0.4 is 16.0 Å². The number of nitrogen functional groups attached to an aromatic ring is 1. The lowest BCUT2D eigenvalue weighted by Gasteiger charge is -2.19. The molecule has 1 fully saturated rings. The molecule has 4 nitrogen and oxygen atoms in total. The molecule has 0 amide bonds. The van der Waals surface area contributed by atoms with E-state index in [-0.39, 0.29) is 5.75 Å². The van der Waals surface area contributed by atoms with Gasteiger partial charge in [-0.2, -0.15) is 0 Å². The Labute approximate surface area is 125 Å². The van der Waals surface area contributed by atoms with Gasteiger partial charge in [0, 0.05) is 42.3 Å². The number of nitrogens with one attached hydrogen (secondary N) is 1. The van der Waals surface area contributed by atoms with Crippen LogP contribution >= 0.6 is 0 Å². The average Bonchev–Trinajstić information content (AvgIpc) is 3.01. The van der Waals surface area contributed by atoms with Crippen molar-refractivity contribution in [1.29, 1.82) is 0 Å². The first-order valence-corrected chi connectivity index (χ1v) is 7.39. The molecule has 2 aromatic rings. The van der Waals surface area contributed by atoms with Crippen LogP contribution in [-0.4, -0.2) is 18.2 Å². The Kier molecular flexibility index (Phi) is 3.86. The molecule has 0 aromatic heterocycles. The maximum atomic E-state index is 9.87. The number of hydrogen-bond donors (Lipinski definition) is 3. The average molecular weight is 283 g/mol. The van der Waals surface area contributed by atoms with Gasteiger partial charge in [0.05, 0.1) is 0 Å². The molecule has 0 spiro atoms. The lowest BCUT2D eigenvalue weighted by molar-refractivity contribution is 0.469. The van der Waals surface area contributed by atoms with Crippen molar-refractivity contribution in [2.24, 2.45) is 0 Å². The van der Waals surface area contributed by atoms with Crippen LogP contribution in [0.3, 0.4) is 0 Å². The van der Waals surface area contributed by atoms with Crippen LogP contribution in [0.5, 0.6) is 5.75 Å². The Morgan fingerprint density at radius 2 is 1.86 bits per heavy atom. The lowest BCUT2D eigenvalue weighted by atomic mass is 10.1. The predicted octanol–water partition coefficient (Wildman–Crippen LogP) is 3.19. The zero-order valence-electron chi connectivity index (χ0n) is 12.0. The van der Waals surface area contributed by atoms with E-state index >= 15 is 0 Å². The second kappa shape index (κ2) is 5.95. The van der Waals surface area contributed by atoms with Gasteiger partial charge >= 0.3 is 0 Å². The summed E-state index contributed by atoms with van der Waals surface area (Å²) in [6.45, 7) is 2.79. The fourth-order valence-corrected chi connectivity index (χ4v) is 2.76. The molecule has 0 saturated carbocycles. The van der Waals surface area contributed by atoms with E-state index in [1.807, 2.05) is 6.07 Å². The Morgan fingerprint density at radius 1 is 1.10 bits per heavy atom. The SMILES string of the molecule is Nc1cccc(O)c1CNc1cccc(N2CCCC2)c1. The van der Waals surface area contributed by atoms with E-state index in [0.29, 0.717) is 12.2 Å². The Bertz CT molecular complexity index is 601. The molecule has 4 heteroatoms. The van der Waals surface area contributed by atoms with Gasteiger partial charge in [-0.05, 0) is 43.2 Å². The van der Waals surface area contributed by atoms with E-state index in [2.05, 4.69) is 28.4 Å². The van der Waals surface area contributed by atoms with E-state index < -0.39 is 0 Å². The summed E-state index contributed by atoms with van der Waals surface area (Å²) in [6.07, 6.45) is 2.54. The van der Waals surface area contributed by atoms with E-state index in [1.54, 1.807) is 18.2 Å². The zero-order valence-corrected chi connectivity index (χ0v) is 12.0. The number of aromatic hydroxyl groups is 1. The third kappa shape index (κ3) is 3.05. The van der Waals surface area contributed by atoms with Crippen LogP contribution in [0.4, 0.5) is 17.1 Å². The van der Waals surface area contributed by atoms with Crippen LogP contribution in [0.1, 0.15) is 18.4 Å². The highest BCUT2D eigenvalue weighted by atomic mass is 16.3. The molecule has 1 saturated heterocycles. The minimum atomic E-state index is 0.234. The predicted molar refractivity (Wildman–Crippen MR) is 87.7 cm³/mol. The second-order valence-electron chi connectivity index (χ2n) is 5.44. The Balaban J connectivity index is 1.72. The van der Waals surface area contributed by atoms with E-state index in [4.69, 9.17) is 5.73 Å². The number of phenols is 1. The topological polar surface area (TPSA) is 61.5 Å². The first-order chi connectivity index (χ1) is 10.2. The van der Waals surface area contributed by atoms with Crippen LogP contribution in [-0.2, 0) is 6.54 Å². The van der Waals surface area contributed by atoms with Crippen molar-refractivity contribution in [2.45, 2.75) is 19.4 Å². The normalized spacial score (nSPS) is 14.4. The van der Waals surface area contributed by atoms with Gasteiger partial charge < -0.3 is 21.1 Å². The number of nitrogens with zero attached hydrogens (tertiary/aromatic N) is 1. The molecule has 1 aliphatic rings. The molecule has 0 atom stereocenters. The minimum absolute atomic E-state index is 0.234. The summed E-state index contributed by atoms with van der Waals surface area (Å²) in [5.41, 5.74) is 9.55. The first-order valence-electron chi connectivity index (χ1n) is 7.39. The third-order valence-electron chi connectivity index (χ3n) is 3.97. The molecule has 0 bridgehead atoms. The quantitative estimate of drug-likeness (QED) is 0.754. The molecular formula is C17H21N3O. The molecule has 3 rings (SSSR count). The minimum Gasteiger partial charge on any atom is -0.508 e. The summed E-state index contributed by atoms with van der Waals surface area (Å²) in [5, 5.41) is 13.2. The largest absolute Gasteiger partial charge is 0.508 e. The molecule has 0 unspecified atom stereocenters. The summed E-state index contributed by atoms with van der Waals surface area (Å²) < 4.78 is 0. The lowest BCUT2D eigenvalue weighted by Crippen LogP contribution is -2.17. The zero-order chi connectivity index (χ0) is 14.7. The Morgan fingerprint density at radius 3 is 2.62 bits per heavy atom. The third-order valence-corrected chi connectivity index (χ3v) is 3.97. The maximum absolute atomic E-state index is 9.87. The van der Waals surface area contributed by atoms with Crippen LogP contribution in [0.15, 0.2) is 42.5 Å². The molecule has 0 aliphatic carbocycles. The molecule has 21 heavy (non-hydrogen) atoms. The van der Waals surface area contributed by atoms with Crippen molar-refractivity contribution < 1.29 is 5.11 Å². The van der Waals surface area contributed by atoms with Gasteiger partial charge in [0.25, 0.3) is 0 Å². The van der Waals surface area contributed by atoms with Crippen LogP contribution in [0.25, 0.3) is 0 Å². The molecule has 0 radical (unpaired) electrons. The molecule has 1 aliphatic heterocycles. The maximum Gasteiger partial charge on any atom is 0.122 e. The van der Waals surface area contributed by atoms with Gasteiger partial charge in [-0.15, -0.1) is 0 Å². The number of anilines is 3. The van der Waals surface area contributed by atoms with Gasteiger partial charge in [0.2, 0.25) is 0 Å². The van der Waals surface area contributed by atoms with E-state index in [1.165, 1.54) is 18.5 Å². The summed E-state index contributed by atoms with van der Waals surface area (Å²) in [5.74, 6) is 0.234. The van der Waals surface area contributed by atoms with Gasteiger partial charge in [-0.1, -0.05) is 12.1 Å². The summed E-state index contributed by atoms with van der Waals surface area (Å²) >= 11 is 0. The van der Waals surface area contributed by atoms with Gasteiger partial charge in [0.1, 0.15) is 5.75 Å². The number of phenolic OH excluding ortho intramolecular Hbond substituents is 1. The van der Waals surface area contributed by atoms with Gasteiger partial charge in [0.15, 0.2) is 0 Å². The molecule has 2 aromatic carbocycles. The first kappa shape index (κ1) is 13.6. The van der Waals surface area contributed by atoms with Crippen molar-refractivity contribution in [2.75, 3.05) is 29.0 Å². The van der Waals surface area contributed by atoms with Crippen LogP contribution in [0, 0.1) is 0 Å². The smallest absolute Gasteiger partial charge is 0.122 e. The number of benzene rings is 2. The number of rotatable bonds is 4. The van der Waals surface area contributed by atoms with Crippen molar-refractivity contribution in [3.8, 4) is 5.75 Å². The molecular weight excluding hydrogens is 262 g/mol. The fourth-order valence-electron chi connectivity index (χ4n) is 2.76. The molecule has 110 valence electrons. The van der Waals surface area contributed by atoms with Crippen LogP contribution in [0.2, 0.25) is 0 Å². The fraction of sp³-hybridized carbons (Fsp3) is 0.294. The summed E-state index contributed by atoms with van der Waals surface area (Å²) in [4.78, 5) is 2.40.